The van der Waals surface area contributed by atoms with Crippen molar-refractivity contribution >= 4 is 15.9 Å². The molecule has 0 saturated heterocycles. The van der Waals surface area contributed by atoms with Crippen molar-refractivity contribution in [3.63, 3.8) is 0 Å². The molecule has 0 aromatic heterocycles. The molecule has 1 unspecified atom stereocenters. The fourth-order valence-electron chi connectivity index (χ4n) is 1.76. The number of hydrogen-bond acceptors (Lipinski definition) is 2. The van der Waals surface area contributed by atoms with Crippen molar-refractivity contribution in [2.45, 2.75) is 53.0 Å². The highest BCUT2D eigenvalue weighted by molar-refractivity contribution is 9.10. The molecule has 0 heterocycles. The van der Waals surface area contributed by atoms with E-state index in [2.05, 4.69) is 49.7 Å². The van der Waals surface area contributed by atoms with E-state index in [9.17, 15) is 0 Å². The van der Waals surface area contributed by atoms with Gasteiger partial charge in [0.05, 0.1) is 11.1 Å². The second-order valence-electron chi connectivity index (χ2n) is 6.26. The molecule has 1 aromatic rings. The van der Waals surface area contributed by atoms with Crippen LogP contribution >= 0.6 is 15.9 Å². The van der Waals surface area contributed by atoms with Gasteiger partial charge in [-0.1, -0.05) is 39.8 Å². The maximum atomic E-state index is 6.05. The van der Waals surface area contributed by atoms with Crippen molar-refractivity contribution in [2.24, 2.45) is 11.1 Å². The van der Waals surface area contributed by atoms with Crippen LogP contribution in [0.4, 0.5) is 0 Å². The van der Waals surface area contributed by atoms with Gasteiger partial charge < -0.3 is 10.5 Å². The highest BCUT2D eigenvalue weighted by atomic mass is 79.9. The molecular weight excluding hydrogens is 302 g/mol. The Bertz CT molecular complexity index is 398. The van der Waals surface area contributed by atoms with Gasteiger partial charge in [-0.2, -0.15) is 0 Å². The zero-order valence-electron chi connectivity index (χ0n) is 12.5. The summed E-state index contributed by atoms with van der Waals surface area (Å²) in [6, 6.07) is 6.36. The molecule has 1 atom stereocenters. The molecule has 0 amide bonds. The number of nitrogens with two attached hydrogens (primary N) is 1. The van der Waals surface area contributed by atoms with Gasteiger partial charge in [-0.05, 0) is 52.2 Å². The highest BCUT2D eigenvalue weighted by Gasteiger charge is 2.14. The van der Waals surface area contributed by atoms with Crippen LogP contribution in [0.2, 0.25) is 0 Å². The second-order valence-corrected chi connectivity index (χ2v) is 7.11. The summed E-state index contributed by atoms with van der Waals surface area (Å²) in [6.07, 6.45) is 2.88. The van der Waals surface area contributed by atoms with Crippen molar-refractivity contribution in [3.8, 4) is 5.75 Å². The smallest absolute Gasteiger partial charge is 0.136 e. The van der Waals surface area contributed by atoms with Gasteiger partial charge in [-0.3, -0.25) is 0 Å². The minimum atomic E-state index is 0.194. The van der Waals surface area contributed by atoms with Gasteiger partial charge in [0.25, 0.3) is 0 Å². The van der Waals surface area contributed by atoms with Crippen molar-refractivity contribution < 1.29 is 4.74 Å². The summed E-state index contributed by atoms with van der Waals surface area (Å²) in [4.78, 5) is 0. The Morgan fingerprint density at radius 1 is 1.32 bits per heavy atom. The van der Waals surface area contributed by atoms with Crippen LogP contribution in [0.1, 0.15) is 46.1 Å². The van der Waals surface area contributed by atoms with Crippen LogP contribution in [-0.2, 0) is 6.42 Å². The lowest BCUT2D eigenvalue weighted by Crippen LogP contribution is -2.22. The van der Waals surface area contributed by atoms with Gasteiger partial charge in [0, 0.05) is 6.04 Å². The summed E-state index contributed by atoms with van der Waals surface area (Å²) in [5.74, 6) is 0.954. The lowest BCUT2D eigenvalue weighted by molar-refractivity contribution is 0.240. The summed E-state index contributed by atoms with van der Waals surface area (Å²) >= 11 is 3.57. The Hall–Kier alpha value is -0.540. The van der Waals surface area contributed by atoms with E-state index in [0.29, 0.717) is 5.41 Å². The van der Waals surface area contributed by atoms with E-state index in [1.807, 2.05) is 12.1 Å². The molecule has 0 saturated carbocycles. The molecule has 0 spiro atoms. The van der Waals surface area contributed by atoms with Crippen LogP contribution in [0.15, 0.2) is 22.7 Å². The average Bonchev–Trinajstić information content (AvgIpc) is 2.31. The van der Waals surface area contributed by atoms with E-state index in [4.69, 9.17) is 10.5 Å². The van der Waals surface area contributed by atoms with E-state index >= 15 is 0 Å². The number of ether oxygens (including phenoxy) is 1. The summed E-state index contributed by atoms with van der Waals surface area (Å²) in [6.45, 7) is 9.53. The highest BCUT2D eigenvalue weighted by Crippen LogP contribution is 2.31. The lowest BCUT2D eigenvalue weighted by atomic mass is 9.93. The van der Waals surface area contributed by atoms with Crippen LogP contribution in [0.25, 0.3) is 0 Å². The standard InChI is InChI=1S/C16H26BrNO/c1-5-13(18)11-12-7-6-8-14(17)15(12)19-10-9-16(2,3)4/h6-8,13H,5,9-11,18H2,1-4H3. The third kappa shape index (κ3) is 5.96. The summed E-state index contributed by atoms with van der Waals surface area (Å²) in [5, 5.41) is 0. The first-order chi connectivity index (χ1) is 8.83. The summed E-state index contributed by atoms with van der Waals surface area (Å²) in [7, 11) is 0. The fourth-order valence-corrected chi connectivity index (χ4v) is 2.28. The molecule has 3 heteroatoms. The zero-order chi connectivity index (χ0) is 14.5. The van der Waals surface area contributed by atoms with Gasteiger partial charge in [-0.25, -0.2) is 0 Å². The SMILES string of the molecule is CCC(N)Cc1cccc(Br)c1OCCC(C)(C)C. The molecule has 1 aromatic carbocycles. The summed E-state index contributed by atoms with van der Waals surface area (Å²) in [5.41, 5.74) is 7.54. The normalized spacial score (nSPS) is 13.4. The monoisotopic (exact) mass is 327 g/mol. The first kappa shape index (κ1) is 16.5. The minimum Gasteiger partial charge on any atom is -0.492 e. The summed E-state index contributed by atoms with van der Waals surface area (Å²) < 4.78 is 7.00. The van der Waals surface area contributed by atoms with Crippen molar-refractivity contribution in [1.82, 2.24) is 0 Å². The molecule has 19 heavy (non-hydrogen) atoms. The van der Waals surface area contributed by atoms with Crippen LogP contribution in [-0.4, -0.2) is 12.6 Å². The average molecular weight is 328 g/mol. The molecule has 1 rings (SSSR count). The van der Waals surface area contributed by atoms with Crippen LogP contribution in [0, 0.1) is 5.41 Å². The Labute approximate surface area is 125 Å². The van der Waals surface area contributed by atoms with Gasteiger partial charge in [-0.15, -0.1) is 0 Å². The molecule has 0 aliphatic rings. The number of benzene rings is 1. The third-order valence-electron chi connectivity index (χ3n) is 3.15. The van der Waals surface area contributed by atoms with E-state index < -0.39 is 0 Å². The molecule has 2 N–H and O–H groups in total. The molecule has 0 fully saturated rings. The first-order valence-electron chi connectivity index (χ1n) is 6.99. The van der Waals surface area contributed by atoms with E-state index in [-0.39, 0.29) is 6.04 Å². The minimum absolute atomic E-state index is 0.194. The number of para-hydroxylation sites is 1. The van der Waals surface area contributed by atoms with Crippen LogP contribution < -0.4 is 10.5 Å². The maximum Gasteiger partial charge on any atom is 0.136 e. The lowest BCUT2D eigenvalue weighted by Gasteiger charge is -2.20. The number of rotatable bonds is 6. The Balaban J connectivity index is 2.74. The Kier molecular flexibility index (Phi) is 6.34. The molecule has 0 aliphatic carbocycles. The Morgan fingerprint density at radius 2 is 2.00 bits per heavy atom. The Morgan fingerprint density at radius 3 is 2.58 bits per heavy atom. The van der Waals surface area contributed by atoms with Crippen molar-refractivity contribution in [1.29, 1.82) is 0 Å². The predicted molar refractivity (Wildman–Crippen MR) is 85.7 cm³/mol. The van der Waals surface area contributed by atoms with Crippen molar-refractivity contribution in [3.05, 3.63) is 28.2 Å². The molecule has 108 valence electrons. The predicted octanol–water partition coefficient (Wildman–Crippen LogP) is 4.54. The fraction of sp³-hybridized carbons (Fsp3) is 0.625. The second kappa shape index (κ2) is 7.30. The van der Waals surface area contributed by atoms with Gasteiger partial charge in [0.2, 0.25) is 0 Å². The van der Waals surface area contributed by atoms with Gasteiger partial charge in [0.15, 0.2) is 0 Å². The zero-order valence-corrected chi connectivity index (χ0v) is 14.1. The molecule has 0 aliphatic heterocycles. The topological polar surface area (TPSA) is 35.2 Å². The molecule has 0 radical (unpaired) electrons. The number of halogens is 1. The largest absolute Gasteiger partial charge is 0.492 e. The van der Waals surface area contributed by atoms with Crippen LogP contribution in [0.5, 0.6) is 5.75 Å². The van der Waals surface area contributed by atoms with Gasteiger partial charge >= 0.3 is 0 Å². The van der Waals surface area contributed by atoms with Crippen LogP contribution in [0.3, 0.4) is 0 Å². The van der Waals surface area contributed by atoms with Crippen molar-refractivity contribution in [2.75, 3.05) is 6.61 Å². The van der Waals surface area contributed by atoms with Gasteiger partial charge in [0.1, 0.15) is 5.75 Å². The van der Waals surface area contributed by atoms with E-state index in [0.717, 1.165) is 36.1 Å². The molecular formula is C16H26BrNO. The maximum absolute atomic E-state index is 6.05. The van der Waals surface area contributed by atoms with E-state index in [1.165, 1.54) is 5.56 Å². The third-order valence-corrected chi connectivity index (χ3v) is 3.78. The van der Waals surface area contributed by atoms with E-state index in [1.54, 1.807) is 0 Å². The molecule has 0 bridgehead atoms. The molecule has 2 nitrogen and oxygen atoms in total. The first-order valence-corrected chi connectivity index (χ1v) is 7.78. The number of hydrogen-bond donors (Lipinski definition) is 1. The quantitative estimate of drug-likeness (QED) is 0.832.